The molecule has 0 bridgehead atoms. The van der Waals surface area contributed by atoms with Gasteiger partial charge in [-0.2, -0.15) is 0 Å². The fourth-order valence-corrected chi connectivity index (χ4v) is 1.73. The summed E-state index contributed by atoms with van der Waals surface area (Å²) in [6.07, 6.45) is 0.250. The third-order valence-electron chi connectivity index (χ3n) is 2.71. The molecule has 0 heterocycles. The predicted molar refractivity (Wildman–Crippen MR) is 83.2 cm³/mol. The lowest BCUT2D eigenvalue weighted by Gasteiger charge is -2.19. The molecule has 122 valence electrons. The molecule has 5 nitrogen and oxygen atoms in total. The maximum Gasteiger partial charge on any atom is 0.407 e. The highest BCUT2D eigenvalue weighted by Crippen LogP contribution is 2.16. The Morgan fingerprint density at radius 2 is 1.95 bits per heavy atom. The summed E-state index contributed by atoms with van der Waals surface area (Å²) in [5.74, 6) is -0.516. The van der Waals surface area contributed by atoms with E-state index in [1.807, 2.05) is 0 Å². The summed E-state index contributed by atoms with van der Waals surface area (Å²) in [7, 11) is 0. The molecule has 0 aromatic heterocycles. The second-order valence-electron chi connectivity index (χ2n) is 6.04. The molecule has 0 aliphatic heterocycles. The largest absolute Gasteiger partial charge is 0.444 e. The first-order valence-electron chi connectivity index (χ1n) is 7.20. The Hall–Kier alpha value is -2.11. The summed E-state index contributed by atoms with van der Waals surface area (Å²) in [4.78, 5) is 23.2. The molecule has 22 heavy (non-hydrogen) atoms. The number of anilines is 1. The Balaban J connectivity index is 2.28. The van der Waals surface area contributed by atoms with E-state index in [0.717, 1.165) is 0 Å². The quantitative estimate of drug-likeness (QED) is 0.819. The molecule has 1 rings (SSSR count). The van der Waals surface area contributed by atoms with Gasteiger partial charge in [-0.3, -0.25) is 4.79 Å². The van der Waals surface area contributed by atoms with Gasteiger partial charge in [0.2, 0.25) is 5.91 Å². The molecule has 0 unspecified atom stereocenters. The van der Waals surface area contributed by atoms with E-state index in [9.17, 15) is 14.0 Å². The van der Waals surface area contributed by atoms with Gasteiger partial charge in [-0.05, 0) is 57.9 Å². The maximum absolute atomic E-state index is 13.0. The minimum absolute atomic E-state index is 0.180. The fraction of sp³-hybridized carbons (Fsp3) is 0.500. The SMILES string of the molecule is Cc1cc(F)ccc1NC(=O)CCCNC(=O)OC(C)(C)C. The molecule has 2 amide bonds. The average Bonchev–Trinajstić information content (AvgIpc) is 2.36. The van der Waals surface area contributed by atoms with Gasteiger partial charge in [0.05, 0.1) is 0 Å². The van der Waals surface area contributed by atoms with Crippen LogP contribution in [0, 0.1) is 12.7 Å². The Morgan fingerprint density at radius 3 is 2.55 bits per heavy atom. The lowest BCUT2D eigenvalue weighted by atomic mass is 10.2. The van der Waals surface area contributed by atoms with E-state index in [4.69, 9.17) is 4.74 Å². The number of aryl methyl sites for hydroxylation is 1. The van der Waals surface area contributed by atoms with Crippen LogP contribution in [-0.4, -0.2) is 24.1 Å². The summed E-state index contributed by atoms with van der Waals surface area (Å²) < 4.78 is 18.0. The minimum atomic E-state index is -0.540. The van der Waals surface area contributed by atoms with Crippen LogP contribution in [0.5, 0.6) is 0 Å². The number of amides is 2. The summed E-state index contributed by atoms with van der Waals surface area (Å²) in [5.41, 5.74) is 0.716. The zero-order valence-corrected chi connectivity index (χ0v) is 13.5. The number of ether oxygens (including phenoxy) is 1. The highest BCUT2D eigenvalue weighted by Gasteiger charge is 2.15. The molecule has 1 aromatic rings. The van der Waals surface area contributed by atoms with Gasteiger partial charge >= 0.3 is 6.09 Å². The highest BCUT2D eigenvalue weighted by atomic mass is 19.1. The molecular weight excluding hydrogens is 287 g/mol. The molecule has 0 saturated carbocycles. The number of carbonyl (C=O) groups is 2. The van der Waals surface area contributed by atoms with Crippen LogP contribution in [0.25, 0.3) is 0 Å². The van der Waals surface area contributed by atoms with Crippen LogP contribution in [0.4, 0.5) is 14.9 Å². The van der Waals surface area contributed by atoms with Crippen LogP contribution in [0.1, 0.15) is 39.2 Å². The molecule has 0 fully saturated rings. The maximum atomic E-state index is 13.0. The normalized spacial score (nSPS) is 11.0. The van der Waals surface area contributed by atoms with Gasteiger partial charge in [0.25, 0.3) is 0 Å². The van der Waals surface area contributed by atoms with Gasteiger partial charge in [-0.15, -0.1) is 0 Å². The second kappa shape index (κ2) is 7.77. The van der Waals surface area contributed by atoms with Crippen molar-refractivity contribution in [2.24, 2.45) is 0 Å². The molecule has 0 radical (unpaired) electrons. The third-order valence-corrected chi connectivity index (χ3v) is 2.71. The van der Waals surface area contributed by atoms with Crippen LogP contribution in [0.2, 0.25) is 0 Å². The lowest BCUT2D eigenvalue weighted by molar-refractivity contribution is -0.116. The first kappa shape index (κ1) is 17.9. The van der Waals surface area contributed by atoms with Crippen molar-refractivity contribution in [2.45, 2.75) is 46.1 Å². The van der Waals surface area contributed by atoms with Crippen molar-refractivity contribution in [3.63, 3.8) is 0 Å². The predicted octanol–water partition coefficient (Wildman–Crippen LogP) is 3.38. The number of benzene rings is 1. The number of hydrogen-bond donors (Lipinski definition) is 2. The Morgan fingerprint density at radius 1 is 1.27 bits per heavy atom. The smallest absolute Gasteiger partial charge is 0.407 e. The average molecular weight is 310 g/mol. The van der Waals surface area contributed by atoms with Crippen molar-refractivity contribution in [2.75, 3.05) is 11.9 Å². The van der Waals surface area contributed by atoms with Crippen LogP contribution in [0.15, 0.2) is 18.2 Å². The Bertz CT molecular complexity index is 539. The van der Waals surface area contributed by atoms with E-state index >= 15 is 0 Å². The fourth-order valence-electron chi connectivity index (χ4n) is 1.73. The van der Waals surface area contributed by atoms with Gasteiger partial charge in [0, 0.05) is 18.7 Å². The summed E-state index contributed by atoms with van der Waals surface area (Å²) in [6, 6.07) is 4.19. The van der Waals surface area contributed by atoms with Crippen molar-refractivity contribution < 1.29 is 18.7 Å². The number of nitrogens with one attached hydrogen (secondary N) is 2. The lowest BCUT2D eigenvalue weighted by Crippen LogP contribution is -2.33. The topological polar surface area (TPSA) is 67.4 Å². The van der Waals surface area contributed by atoms with Crippen LogP contribution >= 0.6 is 0 Å². The van der Waals surface area contributed by atoms with E-state index in [0.29, 0.717) is 24.2 Å². The van der Waals surface area contributed by atoms with Gasteiger partial charge in [-0.1, -0.05) is 0 Å². The standard InChI is InChI=1S/C16H23FN2O3/c1-11-10-12(17)7-8-13(11)19-14(20)6-5-9-18-15(21)22-16(2,3)4/h7-8,10H,5-6,9H2,1-4H3,(H,18,21)(H,19,20). The number of halogens is 1. The molecular formula is C16H23FN2O3. The summed E-state index contributed by atoms with van der Waals surface area (Å²) in [5, 5.41) is 5.30. The number of hydrogen-bond acceptors (Lipinski definition) is 3. The minimum Gasteiger partial charge on any atom is -0.444 e. The molecule has 0 saturated heterocycles. The molecule has 6 heteroatoms. The van der Waals surface area contributed by atoms with Crippen molar-refractivity contribution in [3.8, 4) is 0 Å². The van der Waals surface area contributed by atoms with Crippen molar-refractivity contribution >= 4 is 17.7 Å². The summed E-state index contributed by atoms with van der Waals surface area (Å²) >= 11 is 0. The first-order chi connectivity index (χ1) is 10.2. The van der Waals surface area contributed by atoms with E-state index < -0.39 is 11.7 Å². The van der Waals surface area contributed by atoms with Gasteiger partial charge < -0.3 is 15.4 Å². The van der Waals surface area contributed by atoms with Crippen molar-refractivity contribution in [1.29, 1.82) is 0 Å². The molecule has 0 atom stereocenters. The molecule has 1 aromatic carbocycles. The van der Waals surface area contributed by atoms with E-state index in [2.05, 4.69) is 10.6 Å². The van der Waals surface area contributed by atoms with Crippen molar-refractivity contribution in [3.05, 3.63) is 29.6 Å². The number of rotatable bonds is 5. The Kier molecular flexibility index (Phi) is 6.34. The van der Waals surface area contributed by atoms with Gasteiger partial charge in [0.1, 0.15) is 11.4 Å². The van der Waals surface area contributed by atoms with Gasteiger partial charge in [0.15, 0.2) is 0 Å². The van der Waals surface area contributed by atoms with Crippen molar-refractivity contribution in [1.82, 2.24) is 5.32 Å². The summed E-state index contributed by atoms with van der Waals surface area (Å²) in [6.45, 7) is 7.43. The zero-order valence-electron chi connectivity index (χ0n) is 13.5. The van der Waals surface area contributed by atoms with Crippen LogP contribution in [-0.2, 0) is 9.53 Å². The molecule has 0 aliphatic carbocycles. The van der Waals surface area contributed by atoms with E-state index in [1.54, 1.807) is 27.7 Å². The number of alkyl carbamates (subject to hydrolysis) is 1. The van der Waals surface area contributed by atoms with Crippen LogP contribution in [0.3, 0.4) is 0 Å². The monoisotopic (exact) mass is 310 g/mol. The molecule has 0 aliphatic rings. The first-order valence-corrected chi connectivity index (χ1v) is 7.20. The highest BCUT2D eigenvalue weighted by molar-refractivity contribution is 5.91. The zero-order chi connectivity index (χ0) is 16.8. The molecule has 2 N–H and O–H groups in total. The molecule has 0 spiro atoms. The third kappa shape index (κ3) is 7.06. The van der Waals surface area contributed by atoms with Gasteiger partial charge in [-0.25, -0.2) is 9.18 Å². The van der Waals surface area contributed by atoms with E-state index in [1.165, 1.54) is 18.2 Å². The van der Waals surface area contributed by atoms with E-state index in [-0.39, 0.29) is 18.1 Å². The Labute approximate surface area is 130 Å². The number of carbonyl (C=O) groups excluding carboxylic acids is 2. The van der Waals surface area contributed by atoms with Crippen LogP contribution < -0.4 is 10.6 Å². The second-order valence-corrected chi connectivity index (χ2v) is 6.04.